The van der Waals surface area contributed by atoms with Gasteiger partial charge in [0.05, 0.1) is 0 Å². The first kappa shape index (κ1) is 18.8. The molecule has 2 heteroatoms. The first-order chi connectivity index (χ1) is 12.2. The highest BCUT2D eigenvalue weighted by atomic mass is 31.1. The van der Waals surface area contributed by atoms with Gasteiger partial charge >= 0.3 is 0 Å². The Morgan fingerprint density at radius 3 is 2.24 bits per heavy atom. The number of hydrogen-bond acceptors (Lipinski definition) is 0. The van der Waals surface area contributed by atoms with Crippen molar-refractivity contribution < 1.29 is 0 Å². The predicted molar refractivity (Wildman–Crippen MR) is 116 cm³/mol. The van der Waals surface area contributed by atoms with Crippen LogP contribution in [0.5, 0.6) is 0 Å². The molecule has 4 bridgehead atoms. The quantitative estimate of drug-likeness (QED) is 0.259. The molecule has 0 amide bonds. The fourth-order valence-corrected chi connectivity index (χ4v) is 11.3. The molecule has 0 aromatic heterocycles. The summed E-state index contributed by atoms with van der Waals surface area (Å²) in [5.74, 6) is 5.48. The van der Waals surface area contributed by atoms with Crippen LogP contribution in [0.2, 0.25) is 18.0 Å². The molecule has 4 rings (SSSR count). The molecule has 0 nitrogen and oxygen atoms in total. The third-order valence-electron chi connectivity index (χ3n) is 8.98. The summed E-state index contributed by atoms with van der Waals surface area (Å²) in [6, 6.07) is 0. The average molecular weight is 360 g/mol. The number of hydrogen-bond donors (Lipinski definition) is 0. The van der Waals surface area contributed by atoms with Gasteiger partial charge in [-0.2, -0.15) is 0 Å². The fraction of sp³-hybridized carbons (Fsp3) is 1.00. The zero-order valence-corrected chi connectivity index (χ0v) is 18.0. The van der Waals surface area contributed by atoms with Crippen LogP contribution in [0.25, 0.3) is 0 Å². The van der Waals surface area contributed by atoms with E-state index in [0.29, 0.717) is 7.92 Å². The second kappa shape index (κ2) is 8.67. The summed E-state index contributed by atoms with van der Waals surface area (Å²) >= 11 is 0. The van der Waals surface area contributed by atoms with E-state index in [0.717, 1.165) is 41.8 Å². The van der Waals surface area contributed by atoms with E-state index in [9.17, 15) is 0 Å². The molecule has 1 saturated carbocycles. The molecule has 142 valence electrons. The molecule has 0 aromatic rings. The molecule has 0 spiro atoms. The Bertz CT molecular complexity index is 402. The highest BCUT2D eigenvalue weighted by molar-refractivity contribution is 7.58. The van der Waals surface area contributed by atoms with Gasteiger partial charge in [0.2, 0.25) is 0 Å². The lowest BCUT2D eigenvalue weighted by Gasteiger charge is -2.47. The van der Waals surface area contributed by atoms with Crippen LogP contribution in [0.1, 0.15) is 90.9 Å². The molecule has 3 saturated heterocycles. The van der Waals surface area contributed by atoms with Gasteiger partial charge in [0.1, 0.15) is 6.71 Å². The van der Waals surface area contributed by atoms with Gasteiger partial charge in [-0.3, -0.25) is 0 Å². The Hall–Kier alpha value is 0.495. The van der Waals surface area contributed by atoms with E-state index in [1.807, 2.05) is 0 Å². The SMILES string of the molecule is C[C@H]1CP(CCCCCB2C3CCCC2CCC3)C2CC1CC[C@@H]2C. The monoisotopic (exact) mass is 360 g/mol. The lowest BCUT2D eigenvalue weighted by atomic mass is 9.26. The molecule has 3 unspecified atom stereocenters. The van der Waals surface area contributed by atoms with Gasteiger partial charge < -0.3 is 0 Å². The van der Waals surface area contributed by atoms with Crippen molar-refractivity contribution in [1.82, 2.24) is 0 Å². The third kappa shape index (κ3) is 4.33. The lowest BCUT2D eigenvalue weighted by Crippen LogP contribution is -2.37. The third-order valence-corrected chi connectivity index (χ3v) is 12.6. The van der Waals surface area contributed by atoms with E-state index in [-0.39, 0.29) is 0 Å². The largest absolute Gasteiger partial charge is 0.146 e. The van der Waals surface area contributed by atoms with E-state index in [4.69, 9.17) is 0 Å². The Morgan fingerprint density at radius 1 is 0.800 bits per heavy atom. The van der Waals surface area contributed by atoms with Crippen LogP contribution in [-0.4, -0.2) is 24.7 Å². The smallest absolute Gasteiger partial charge is 0.103 e. The van der Waals surface area contributed by atoms with Crippen LogP contribution in [-0.2, 0) is 0 Å². The summed E-state index contributed by atoms with van der Waals surface area (Å²) in [4.78, 5) is 0. The van der Waals surface area contributed by atoms with Gasteiger partial charge in [0.15, 0.2) is 0 Å². The normalized spacial score (nSPS) is 43.9. The highest BCUT2D eigenvalue weighted by Gasteiger charge is 2.40. The topological polar surface area (TPSA) is 0 Å². The molecule has 1 aliphatic carbocycles. The van der Waals surface area contributed by atoms with E-state index in [2.05, 4.69) is 13.8 Å². The second-order valence-corrected chi connectivity index (χ2v) is 13.1. The Labute approximate surface area is 159 Å². The van der Waals surface area contributed by atoms with Crippen molar-refractivity contribution in [3.05, 3.63) is 0 Å². The minimum atomic E-state index is 0.370. The summed E-state index contributed by atoms with van der Waals surface area (Å²) in [5, 5.41) is 0. The summed E-state index contributed by atoms with van der Waals surface area (Å²) < 4.78 is 0. The van der Waals surface area contributed by atoms with Crippen LogP contribution >= 0.6 is 7.92 Å². The molecule has 25 heavy (non-hydrogen) atoms. The number of fused-ring (bicyclic) bond motifs is 4. The fourth-order valence-electron chi connectivity index (χ4n) is 7.42. The molecule has 5 atom stereocenters. The Morgan fingerprint density at radius 2 is 1.52 bits per heavy atom. The first-order valence-electron chi connectivity index (χ1n) is 12.0. The molecular weight excluding hydrogens is 318 g/mol. The standard InChI is InChI=1S/C23H42BP/c1-18-12-13-20-16-23(18)25(17-19(20)2)15-5-3-4-14-24-21-8-6-9-22(24)11-7-10-21/h18-23H,3-17H2,1-2H3/t18-,19-,20?,21?,22?,23?,25?/m0/s1. The van der Waals surface area contributed by atoms with Gasteiger partial charge in [-0.25, -0.2) is 0 Å². The Balaban J connectivity index is 1.18. The minimum Gasteiger partial charge on any atom is -0.103 e. The molecule has 0 radical (unpaired) electrons. The van der Waals surface area contributed by atoms with Crippen LogP contribution in [0, 0.1) is 17.8 Å². The van der Waals surface area contributed by atoms with Gasteiger partial charge in [0.25, 0.3) is 0 Å². The Kier molecular flexibility index (Phi) is 6.53. The first-order valence-corrected chi connectivity index (χ1v) is 13.7. The molecule has 3 heterocycles. The van der Waals surface area contributed by atoms with E-state index in [1.165, 1.54) is 0 Å². The molecular formula is C23H42BP. The van der Waals surface area contributed by atoms with Crippen LogP contribution in [0.4, 0.5) is 0 Å². The van der Waals surface area contributed by atoms with Gasteiger partial charge in [-0.15, -0.1) is 7.92 Å². The van der Waals surface area contributed by atoms with Crippen LogP contribution in [0.15, 0.2) is 0 Å². The molecule has 0 N–H and O–H groups in total. The van der Waals surface area contributed by atoms with Gasteiger partial charge in [0, 0.05) is 0 Å². The van der Waals surface area contributed by atoms with Crippen molar-refractivity contribution in [3.63, 3.8) is 0 Å². The predicted octanol–water partition coefficient (Wildman–Crippen LogP) is 7.70. The maximum absolute atomic E-state index is 2.58. The molecule has 4 fully saturated rings. The average Bonchev–Trinajstić information content (AvgIpc) is 2.60. The molecule has 0 aromatic carbocycles. The van der Waals surface area contributed by atoms with Crippen LogP contribution < -0.4 is 0 Å². The van der Waals surface area contributed by atoms with E-state index >= 15 is 0 Å². The molecule has 3 aliphatic heterocycles. The van der Waals surface area contributed by atoms with Crippen molar-refractivity contribution >= 4 is 14.6 Å². The van der Waals surface area contributed by atoms with Crippen molar-refractivity contribution in [1.29, 1.82) is 0 Å². The second-order valence-electron chi connectivity index (χ2n) is 10.5. The lowest BCUT2D eigenvalue weighted by molar-refractivity contribution is 0.226. The van der Waals surface area contributed by atoms with Crippen molar-refractivity contribution in [2.24, 2.45) is 17.8 Å². The zero-order valence-electron chi connectivity index (χ0n) is 17.1. The van der Waals surface area contributed by atoms with Crippen molar-refractivity contribution in [3.8, 4) is 0 Å². The van der Waals surface area contributed by atoms with Crippen molar-refractivity contribution in [2.45, 2.75) is 115 Å². The summed E-state index contributed by atoms with van der Waals surface area (Å²) in [7, 11) is 0.370. The van der Waals surface area contributed by atoms with E-state index in [1.54, 1.807) is 95.7 Å². The minimum absolute atomic E-state index is 0.370. The van der Waals surface area contributed by atoms with Crippen molar-refractivity contribution in [2.75, 3.05) is 12.3 Å². The summed E-state index contributed by atoms with van der Waals surface area (Å²) in [6.07, 6.45) is 23.6. The number of rotatable bonds is 6. The van der Waals surface area contributed by atoms with Crippen LogP contribution in [0.3, 0.4) is 0 Å². The van der Waals surface area contributed by atoms with E-state index < -0.39 is 0 Å². The van der Waals surface area contributed by atoms with Gasteiger partial charge in [-0.05, 0) is 61.4 Å². The molecule has 4 aliphatic rings. The summed E-state index contributed by atoms with van der Waals surface area (Å²) in [5.41, 5.74) is 1.16. The zero-order chi connectivity index (χ0) is 17.2. The maximum Gasteiger partial charge on any atom is 0.146 e. The maximum atomic E-state index is 2.58. The van der Waals surface area contributed by atoms with Gasteiger partial charge in [-0.1, -0.05) is 83.2 Å². The summed E-state index contributed by atoms with van der Waals surface area (Å²) in [6.45, 7) is 6.30. The number of unbranched alkanes of at least 4 members (excludes halogenated alkanes) is 2. The highest BCUT2D eigenvalue weighted by Crippen LogP contribution is 2.58.